The highest BCUT2D eigenvalue weighted by Gasteiger charge is 2.28. The highest BCUT2D eigenvalue weighted by Crippen LogP contribution is 2.36. The third-order valence-electron chi connectivity index (χ3n) is 9.09. The Morgan fingerprint density at radius 3 is 2.47 bits per heavy atom. The molecule has 1 N–H and O–H groups in total. The van der Waals surface area contributed by atoms with E-state index in [4.69, 9.17) is 14.5 Å². The number of fused-ring (bicyclic) bond motifs is 1. The number of thiazole rings is 1. The van der Waals surface area contributed by atoms with E-state index >= 15 is 0 Å². The molecule has 2 aliphatic rings. The molecular formula is C40H47N5O5S. The van der Waals surface area contributed by atoms with Gasteiger partial charge in [0.1, 0.15) is 11.4 Å². The molecule has 0 unspecified atom stereocenters. The van der Waals surface area contributed by atoms with Crippen molar-refractivity contribution in [2.24, 2.45) is 0 Å². The standard InChI is InChI=1S/C40H47N5O5S/c1-27-10-6-7-13-33(27)37(47)45-18-16-30-26-31(14-15-34(30)45)36-28(2)51-38(42-36)41-35(46)25-29-11-8-12-32(24-29)49-23-9-17-43-19-21-44(22-20-43)39(48)50-40(3,4)5/h6-8,10-15,24,26H,9,16-23,25H2,1-5H3,(H,41,42,46). The number of ether oxygens (including phenoxy) is 2. The lowest BCUT2D eigenvalue weighted by atomic mass is 10.0. The Kier molecular flexibility index (Phi) is 11.1. The summed E-state index contributed by atoms with van der Waals surface area (Å²) in [5, 5.41) is 3.54. The third-order valence-corrected chi connectivity index (χ3v) is 9.97. The van der Waals surface area contributed by atoms with Crippen molar-refractivity contribution in [2.75, 3.05) is 56.1 Å². The number of carbonyl (C=O) groups excluding carboxylic acids is 3. The molecule has 6 rings (SSSR count). The molecule has 10 nitrogen and oxygen atoms in total. The van der Waals surface area contributed by atoms with Gasteiger partial charge >= 0.3 is 6.09 Å². The number of nitrogens with one attached hydrogen (secondary N) is 1. The van der Waals surface area contributed by atoms with Crippen LogP contribution in [0.1, 0.15) is 59.1 Å². The fourth-order valence-corrected chi connectivity index (χ4v) is 7.34. The van der Waals surface area contributed by atoms with E-state index in [9.17, 15) is 14.4 Å². The predicted octanol–water partition coefficient (Wildman–Crippen LogP) is 7.13. The molecule has 0 spiro atoms. The van der Waals surface area contributed by atoms with Crippen LogP contribution < -0.4 is 15.0 Å². The van der Waals surface area contributed by atoms with Gasteiger partial charge in [-0.3, -0.25) is 14.5 Å². The maximum absolute atomic E-state index is 13.3. The van der Waals surface area contributed by atoms with Crippen molar-refractivity contribution in [2.45, 2.75) is 59.5 Å². The van der Waals surface area contributed by atoms with E-state index in [2.05, 4.69) is 16.3 Å². The van der Waals surface area contributed by atoms with E-state index in [1.54, 1.807) is 4.90 Å². The van der Waals surface area contributed by atoms with E-state index in [-0.39, 0.29) is 24.3 Å². The molecule has 2 aliphatic heterocycles. The van der Waals surface area contributed by atoms with Crippen LogP contribution in [-0.4, -0.2) is 84.2 Å². The van der Waals surface area contributed by atoms with Crippen LogP contribution in [0.2, 0.25) is 0 Å². The number of aromatic nitrogens is 1. The number of benzene rings is 3. The molecule has 3 aromatic carbocycles. The minimum absolute atomic E-state index is 0.0233. The molecule has 11 heteroatoms. The van der Waals surface area contributed by atoms with Gasteiger partial charge in [-0.05, 0) is 94.5 Å². The van der Waals surface area contributed by atoms with Crippen LogP contribution >= 0.6 is 11.3 Å². The minimum atomic E-state index is -0.487. The highest BCUT2D eigenvalue weighted by atomic mass is 32.1. The van der Waals surface area contributed by atoms with Gasteiger partial charge in [0.2, 0.25) is 5.91 Å². The van der Waals surface area contributed by atoms with Crippen molar-refractivity contribution in [3.8, 4) is 17.0 Å². The van der Waals surface area contributed by atoms with Crippen molar-refractivity contribution < 1.29 is 23.9 Å². The van der Waals surface area contributed by atoms with Crippen LogP contribution in [0.3, 0.4) is 0 Å². The fraction of sp³-hybridized carbons (Fsp3) is 0.400. The Hall–Kier alpha value is -4.74. The maximum atomic E-state index is 13.3. The quantitative estimate of drug-likeness (QED) is 0.175. The van der Waals surface area contributed by atoms with E-state index in [0.29, 0.717) is 31.4 Å². The first-order valence-corrected chi connectivity index (χ1v) is 18.5. The summed E-state index contributed by atoms with van der Waals surface area (Å²) in [5.41, 5.74) is 5.94. The molecule has 0 aliphatic carbocycles. The van der Waals surface area contributed by atoms with E-state index in [1.807, 2.05) is 100 Å². The molecule has 0 radical (unpaired) electrons. The average Bonchev–Trinajstić information content (AvgIpc) is 3.68. The maximum Gasteiger partial charge on any atom is 0.410 e. The largest absolute Gasteiger partial charge is 0.494 e. The number of carbonyl (C=O) groups is 3. The second-order valence-electron chi connectivity index (χ2n) is 14.2. The molecule has 268 valence electrons. The first-order valence-electron chi connectivity index (χ1n) is 17.6. The number of aryl methyl sites for hydroxylation is 2. The monoisotopic (exact) mass is 709 g/mol. The van der Waals surface area contributed by atoms with Crippen LogP contribution in [0, 0.1) is 13.8 Å². The lowest BCUT2D eigenvalue weighted by Crippen LogP contribution is -2.50. The summed E-state index contributed by atoms with van der Waals surface area (Å²) in [6, 6.07) is 21.5. The second-order valence-corrected chi connectivity index (χ2v) is 15.4. The van der Waals surface area contributed by atoms with Crippen LogP contribution in [0.4, 0.5) is 15.6 Å². The van der Waals surface area contributed by atoms with Gasteiger partial charge < -0.3 is 24.6 Å². The Morgan fingerprint density at radius 2 is 1.71 bits per heavy atom. The molecule has 51 heavy (non-hydrogen) atoms. The van der Waals surface area contributed by atoms with E-state index in [0.717, 1.165) is 82.3 Å². The summed E-state index contributed by atoms with van der Waals surface area (Å²) < 4.78 is 11.5. The van der Waals surface area contributed by atoms with Crippen LogP contribution in [0.15, 0.2) is 66.7 Å². The van der Waals surface area contributed by atoms with Gasteiger partial charge in [-0.15, -0.1) is 11.3 Å². The smallest absolute Gasteiger partial charge is 0.410 e. The summed E-state index contributed by atoms with van der Waals surface area (Å²) in [5.74, 6) is 0.616. The molecule has 4 aromatic rings. The van der Waals surface area contributed by atoms with Gasteiger partial charge in [-0.25, -0.2) is 9.78 Å². The van der Waals surface area contributed by atoms with Crippen LogP contribution in [0.25, 0.3) is 11.3 Å². The number of hydrogen-bond donors (Lipinski definition) is 1. The number of hydrogen-bond acceptors (Lipinski definition) is 8. The summed E-state index contributed by atoms with van der Waals surface area (Å²) in [4.78, 5) is 50.4. The zero-order valence-corrected chi connectivity index (χ0v) is 31.0. The van der Waals surface area contributed by atoms with Gasteiger partial charge in [0.25, 0.3) is 5.91 Å². The molecule has 1 aromatic heterocycles. The highest BCUT2D eigenvalue weighted by molar-refractivity contribution is 7.16. The Balaban J connectivity index is 0.970. The summed E-state index contributed by atoms with van der Waals surface area (Å²) in [7, 11) is 0. The zero-order valence-electron chi connectivity index (χ0n) is 30.2. The molecule has 3 amide bonds. The molecule has 0 saturated carbocycles. The summed E-state index contributed by atoms with van der Waals surface area (Å²) >= 11 is 1.46. The number of nitrogens with zero attached hydrogens (tertiary/aromatic N) is 4. The minimum Gasteiger partial charge on any atom is -0.494 e. The van der Waals surface area contributed by atoms with Crippen LogP contribution in [0.5, 0.6) is 5.75 Å². The molecule has 1 saturated heterocycles. The van der Waals surface area contributed by atoms with Crippen molar-refractivity contribution >= 4 is 40.1 Å². The van der Waals surface area contributed by atoms with Gasteiger partial charge in [0.05, 0.1) is 18.7 Å². The average molecular weight is 710 g/mol. The van der Waals surface area contributed by atoms with E-state index < -0.39 is 5.60 Å². The van der Waals surface area contributed by atoms with Gasteiger partial charge in [0.15, 0.2) is 5.13 Å². The Morgan fingerprint density at radius 1 is 0.922 bits per heavy atom. The SMILES string of the molecule is Cc1ccccc1C(=O)N1CCc2cc(-c3nc(NC(=O)Cc4cccc(OCCCN5CCN(C(=O)OC(C)(C)C)CC5)c4)sc3C)ccc21. The molecular weight excluding hydrogens is 663 g/mol. The lowest BCUT2D eigenvalue weighted by Gasteiger charge is -2.35. The zero-order chi connectivity index (χ0) is 36.1. The molecule has 0 atom stereocenters. The van der Waals surface area contributed by atoms with Crippen molar-refractivity contribution in [3.05, 3.63) is 93.9 Å². The van der Waals surface area contributed by atoms with Crippen molar-refractivity contribution in [1.29, 1.82) is 0 Å². The summed E-state index contributed by atoms with van der Waals surface area (Å²) in [6.45, 7) is 14.7. The third kappa shape index (κ3) is 9.14. The first kappa shape index (κ1) is 36.1. The topological polar surface area (TPSA) is 104 Å². The fourth-order valence-electron chi connectivity index (χ4n) is 6.49. The lowest BCUT2D eigenvalue weighted by molar-refractivity contribution is -0.115. The Labute approximate surface area is 304 Å². The Bertz CT molecular complexity index is 1890. The van der Waals surface area contributed by atoms with E-state index in [1.165, 1.54) is 11.3 Å². The van der Waals surface area contributed by atoms with Crippen LogP contribution in [-0.2, 0) is 22.4 Å². The predicted molar refractivity (Wildman–Crippen MR) is 202 cm³/mol. The number of piperazine rings is 1. The normalized spacial score (nSPS) is 14.7. The molecule has 0 bridgehead atoms. The summed E-state index contributed by atoms with van der Waals surface area (Å²) in [6.07, 6.45) is 1.60. The first-order chi connectivity index (χ1) is 24.4. The number of amides is 3. The molecule has 3 heterocycles. The van der Waals surface area contributed by atoms with Gasteiger partial charge in [0, 0.05) is 61.0 Å². The number of rotatable bonds is 10. The number of anilines is 2. The molecule has 1 fully saturated rings. The van der Waals surface area contributed by atoms with Gasteiger partial charge in [-0.2, -0.15) is 0 Å². The van der Waals surface area contributed by atoms with Crippen molar-refractivity contribution in [1.82, 2.24) is 14.8 Å². The second kappa shape index (κ2) is 15.7. The van der Waals surface area contributed by atoms with Crippen molar-refractivity contribution in [3.63, 3.8) is 0 Å². The van der Waals surface area contributed by atoms with Gasteiger partial charge in [-0.1, -0.05) is 36.4 Å².